The molecule has 0 aliphatic rings. The number of anilines is 1. The third-order valence-electron chi connectivity index (χ3n) is 3.25. The highest BCUT2D eigenvalue weighted by Crippen LogP contribution is 2.20. The molecule has 2 N–H and O–H groups in total. The van der Waals surface area contributed by atoms with E-state index in [0.29, 0.717) is 5.02 Å². The maximum atomic E-state index is 12.2. The van der Waals surface area contributed by atoms with Gasteiger partial charge in [-0.05, 0) is 38.0 Å². The number of aryl methyl sites for hydroxylation is 2. The minimum Gasteiger partial charge on any atom is -0.448 e. The predicted octanol–water partition coefficient (Wildman–Crippen LogP) is 3.47. The maximum Gasteiger partial charge on any atom is 0.355 e. The summed E-state index contributed by atoms with van der Waals surface area (Å²) in [5.41, 5.74) is 2.83. The van der Waals surface area contributed by atoms with Crippen molar-refractivity contribution in [2.45, 2.75) is 26.9 Å². The lowest BCUT2D eigenvalue weighted by Crippen LogP contribution is -2.30. The second-order valence-electron chi connectivity index (χ2n) is 5.04. The summed E-state index contributed by atoms with van der Waals surface area (Å²) in [6.45, 7) is 5.33. The third kappa shape index (κ3) is 3.68. The molecule has 1 amide bonds. The number of rotatable bonds is 4. The molecule has 116 valence electrons. The van der Waals surface area contributed by atoms with Crippen LogP contribution >= 0.6 is 11.6 Å². The quantitative estimate of drug-likeness (QED) is 0.847. The highest BCUT2D eigenvalue weighted by atomic mass is 35.5. The molecule has 1 aromatic carbocycles. The van der Waals surface area contributed by atoms with Crippen molar-refractivity contribution in [3.8, 4) is 0 Å². The fraction of sp³-hybridized carbons (Fsp3) is 0.250. The zero-order valence-corrected chi connectivity index (χ0v) is 13.3. The Hall–Kier alpha value is -2.27. The van der Waals surface area contributed by atoms with Crippen LogP contribution < -0.4 is 5.32 Å². The van der Waals surface area contributed by atoms with Crippen molar-refractivity contribution >= 4 is 29.2 Å². The maximum absolute atomic E-state index is 12.2. The number of amides is 1. The molecule has 5 nitrogen and oxygen atoms in total. The topological polar surface area (TPSA) is 71.2 Å². The van der Waals surface area contributed by atoms with Crippen LogP contribution in [0.4, 0.5) is 5.69 Å². The molecule has 1 aromatic heterocycles. The van der Waals surface area contributed by atoms with Crippen molar-refractivity contribution < 1.29 is 14.3 Å². The van der Waals surface area contributed by atoms with Crippen LogP contribution in [0.25, 0.3) is 0 Å². The van der Waals surface area contributed by atoms with Crippen LogP contribution in [0.1, 0.15) is 28.5 Å². The smallest absolute Gasteiger partial charge is 0.355 e. The van der Waals surface area contributed by atoms with E-state index in [1.54, 1.807) is 0 Å². The molecule has 0 radical (unpaired) electrons. The number of hydrogen-bond acceptors (Lipinski definition) is 3. The van der Waals surface area contributed by atoms with Gasteiger partial charge in [0.1, 0.15) is 5.69 Å². The first kappa shape index (κ1) is 16.1. The van der Waals surface area contributed by atoms with E-state index in [0.717, 1.165) is 16.8 Å². The summed E-state index contributed by atoms with van der Waals surface area (Å²) in [6, 6.07) is 7.17. The van der Waals surface area contributed by atoms with Gasteiger partial charge >= 0.3 is 5.97 Å². The lowest BCUT2D eigenvalue weighted by atomic mass is 10.1. The third-order valence-corrected chi connectivity index (χ3v) is 3.47. The van der Waals surface area contributed by atoms with Gasteiger partial charge < -0.3 is 15.0 Å². The van der Waals surface area contributed by atoms with Crippen LogP contribution in [-0.4, -0.2) is 23.0 Å². The number of halogens is 1. The lowest BCUT2D eigenvalue weighted by Gasteiger charge is -2.15. The van der Waals surface area contributed by atoms with Crippen molar-refractivity contribution in [1.29, 1.82) is 0 Å². The monoisotopic (exact) mass is 320 g/mol. The van der Waals surface area contributed by atoms with Gasteiger partial charge in [-0.3, -0.25) is 4.79 Å². The highest BCUT2D eigenvalue weighted by Gasteiger charge is 2.20. The summed E-state index contributed by atoms with van der Waals surface area (Å²) in [7, 11) is 0. The van der Waals surface area contributed by atoms with Crippen molar-refractivity contribution in [1.82, 2.24) is 4.98 Å². The van der Waals surface area contributed by atoms with Crippen molar-refractivity contribution in [3.63, 3.8) is 0 Å². The minimum absolute atomic E-state index is 0.205. The molecule has 0 aliphatic carbocycles. The number of carbonyl (C=O) groups excluding carboxylic acids is 2. The summed E-state index contributed by atoms with van der Waals surface area (Å²) in [5, 5.41) is 3.19. The molecular weight excluding hydrogens is 304 g/mol. The molecule has 22 heavy (non-hydrogen) atoms. The first-order valence-electron chi connectivity index (χ1n) is 6.80. The Labute approximate surface area is 133 Å². The van der Waals surface area contributed by atoms with E-state index < -0.39 is 12.1 Å². The van der Waals surface area contributed by atoms with Gasteiger partial charge in [0.2, 0.25) is 0 Å². The van der Waals surface area contributed by atoms with E-state index in [4.69, 9.17) is 16.3 Å². The van der Waals surface area contributed by atoms with Crippen LogP contribution in [0.15, 0.2) is 30.5 Å². The molecule has 1 atom stereocenters. The van der Waals surface area contributed by atoms with Gasteiger partial charge in [-0.25, -0.2) is 4.79 Å². The zero-order chi connectivity index (χ0) is 16.3. The number of esters is 1. The standard InChI is InChI=1S/C16H17ClN2O3/c1-9-5-4-6-10(2)14(9)19-15(20)11(3)22-16(21)13-7-12(17)8-18-13/h4-8,11,18H,1-3H3,(H,19,20)/t11-/m0/s1. The summed E-state index contributed by atoms with van der Waals surface area (Å²) >= 11 is 5.73. The normalized spacial score (nSPS) is 11.8. The fourth-order valence-corrected chi connectivity index (χ4v) is 2.16. The molecule has 0 spiro atoms. The summed E-state index contributed by atoms with van der Waals surface area (Å²) in [4.78, 5) is 26.7. The molecule has 0 bridgehead atoms. The molecule has 0 aliphatic heterocycles. The number of hydrogen-bond donors (Lipinski definition) is 2. The number of aromatic nitrogens is 1. The Kier molecular flexibility index (Phi) is 4.88. The van der Waals surface area contributed by atoms with E-state index in [1.165, 1.54) is 19.2 Å². The Balaban J connectivity index is 2.02. The van der Waals surface area contributed by atoms with Gasteiger partial charge in [0.15, 0.2) is 6.10 Å². The number of aromatic amines is 1. The first-order chi connectivity index (χ1) is 10.4. The second-order valence-corrected chi connectivity index (χ2v) is 5.47. The molecular formula is C16H17ClN2O3. The lowest BCUT2D eigenvalue weighted by molar-refractivity contribution is -0.123. The predicted molar refractivity (Wildman–Crippen MR) is 85.2 cm³/mol. The Morgan fingerprint density at radius 3 is 2.45 bits per heavy atom. The number of para-hydroxylation sites is 1. The molecule has 0 fully saturated rings. The van der Waals surface area contributed by atoms with E-state index in [9.17, 15) is 9.59 Å². The average molecular weight is 321 g/mol. The number of carbonyl (C=O) groups is 2. The van der Waals surface area contributed by atoms with Gasteiger partial charge in [-0.15, -0.1) is 0 Å². The molecule has 1 heterocycles. The molecule has 0 saturated heterocycles. The highest BCUT2D eigenvalue weighted by molar-refractivity contribution is 6.30. The van der Waals surface area contributed by atoms with Gasteiger partial charge in [0, 0.05) is 11.9 Å². The number of H-pyrrole nitrogens is 1. The zero-order valence-electron chi connectivity index (χ0n) is 12.6. The summed E-state index contributed by atoms with van der Waals surface area (Å²) < 4.78 is 5.12. The van der Waals surface area contributed by atoms with E-state index >= 15 is 0 Å². The largest absolute Gasteiger partial charge is 0.448 e. The van der Waals surface area contributed by atoms with Gasteiger partial charge in [-0.1, -0.05) is 29.8 Å². The average Bonchev–Trinajstić information content (AvgIpc) is 2.89. The Bertz CT molecular complexity index is 689. The van der Waals surface area contributed by atoms with Crippen LogP contribution in [0.5, 0.6) is 0 Å². The molecule has 2 aromatic rings. The van der Waals surface area contributed by atoms with E-state index in [1.807, 2.05) is 32.0 Å². The molecule has 2 rings (SSSR count). The van der Waals surface area contributed by atoms with Crippen molar-refractivity contribution in [2.24, 2.45) is 0 Å². The van der Waals surface area contributed by atoms with Crippen molar-refractivity contribution in [3.05, 3.63) is 52.3 Å². The van der Waals surface area contributed by atoms with Crippen LogP contribution in [-0.2, 0) is 9.53 Å². The van der Waals surface area contributed by atoms with Crippen molar-refractivity contribution in [2.75, 3.05) is 5.32 Å². The van der Waals surface area contributed by atoms with Crippen LogP contribution in [0.2, 0.25) is 5.02 Å². The van der Waals surface area contributed by atoms with Gasteiger partial charge in [0.25, 0.3) is 5.91 Å². The van der Waals surface area contributed by atoms with E-state index in [-0.39, 0.29) is 11.6 Å². The Morgan fingerprint density at radius 1 is 1.27 bits per heavy atom. The summed E-state index contributed by atoms with van der Waals surface area (Å²) in [5.74, 6) is -1.01. The molecule has 6 heteroatoms. The summed E-state index contributed by atoms with van der Waals surface area (Å²) in [6.07, 6.45) is 0.549. The Morgan fingerprint density at radius 2 is 1.91 bits per heavy atom. The molecule has 0 saturated carbocycles. The first-order valence-corrected chi connectivity index (χ1v) is 7.18. The van der Waals surface area contributed by atoms with Gasteiger partial charge in [0.05, 0.1) is 5.02 Å². The number of ether oxygens (including phenoxy) is 1. The van der Waals surface area contributed by atoms with E-state index in [2.05, 4.69) is 10.3 Å². The number of nitrogens with one attached hydrogen (secondary N) is 2. The molecule has 0 unspecified atom stereocenters. The number of benzene rings is 1. The fourth-order valence-electron chi connectivity index (χ4n) is 2.00. The van der Waals surface area contributed by atoms with Crippen LogP contribution in [0, 0.1) is 13.8 Å². The second kappa shape index (κ2) is 6.66. The minimum atomic E-state index is -0.923. The van der Waals surface area contributed by atoms with Gasteiger partial charge in [-0.2, -0.15) is 0 Å². The van der Waals surface area contributed by atoms with Crippen LogP contribution in [0.3, 0.4) is 0 Å². The SMILES string of the molecule is Cc1cccc(C)c1NC(=O)[C@H](C)OC(=O)c1cc(Cl)c[nH]1.